The second kappa shape index (κ2) is 5.77. The minimum absolute atomic E-state index is 0.177. The zero-order valence-corrected chi connectivity index (χ0v) is 14.2. The number of benzene rings is 1. The summed E-state index contributed by atoms with van der Waals surface area (Å²) in [6.45, 7) is 0.310. The quantitative estimate of drug-likeness (QED) is 0.549. The molecule has 138 valence electrons. The van der Waals surface area contributed by atoms with E-state index in [0.29, 0.717) is 30.1 Å². The van der Waals surface area contributed by atoms with E-state index in [-0.39, 0.29) is 5.92 Å². The summed E-state index contributed by atoms with van der Waals surface area (Å²) in [4.78, 5) is 8.88. The molecule has 1 aromatic carbocycles. The van der Waals surface area contributed by atoms with E-state index in [1.165, 1.54) is 10.7 Å². The highest BCUT2D eigenvalue weighted by Gasteiger charge is 2.37. The van der Waals surface area contributed by atoms with Crippen LogP contribution in [0, 0.1) is 0 Å². The number of hydrogen-bond acceptors (Lipinski definition) is 4. The lowest BCUT2D eigenvalue weighted by Gasteiger charge is -2.04. The lowest BCUT2D eigenvalue weighted by Crippen LogP contribution is -2.10. The maximum atomic E-state index is 13.0. The maximum Gasteiger partial charge on any atom is 0.435 e. The van der Waals surface area contributed by atoms with Crippen molar-refractivity contribution in [2.45, 2.75) is 37.9 Å². The third kappa shape index (κ3) is 2.92. The first kappa shape index (κ1) is 16.2. The van der Waals surface area contributed by atoms with Gasteiger partial charge in [0.2, 0.25) is 0 Å². The first-order valence-electron chi connectivity index (χ1n) is 8.73. The molecule has 0 aliphatic heterocycles. The highest BCUT2D eigenvalue weighted by molar-refractivity contribution is 5.90. The minimum Gasteiger partial charge on any atom is -0.268 e. The van der Waals surface area contributed by atoms with E-state index >= 15 is 0 Å². The fraction of sp³-hybridized carbons (Fsp3) is 0.333. The van der Waals surface area contributed by atoms with Gasteiger partial charge in [0.1, 0.15) is 6.33 Å². The number of hydrogen-bond donors (Lipinski definition) is 0. The van der Waals surface area contributed by atoms with E-state index in [9.17, 15) is 13.2 Å². The van der Waals surface area contributed by atoms with Gasteiger partial charge in [-0.25, -0.2) is 14.5 Å². The average molecular weight is 372 g/mol. The van der Waals surface area contributed by atoms with Crippen molar-refractivity contribution in [2.24, 2.45) is 0 Å². The third-order valence-corrected chi connectivity index (χ3v) is 4.77. The minimum atomic E-state index is -4.43. The zero-order valence-electron chi connectivity index (χ0n) is 14.2. The molecule has 0 radical (unpaired) electrons. The van der Waals surface area contributed by atoms with Gasteiger partial charge in [0.25, 0.3) is 0 Å². The van der Waals surface area contributed by atoms with E-state index in [1.807, 2.05) is 24.3 Å². The molecule has 6 nitrogen and oxygen atoms in total. The fourth-order valence-corrected chi connectivity index (χ4v) is 3.29. The van der Waals surface area contributed by atoms with Crippen molar-refractivity contribution in [1.82, 2.24) is 29.4 Å². The van der Waals surface area contributed by atoms with Crippen molar-refractivity contribution in [3.05, 3.63) is 53.9 Å². The highest BCUT2D eigenvalue weighted by Crippen LogP contribution is 2.42. The van der Waals surface area contributed by atoms with Gasteiger partial charge < -0.3 is 0 Å². The highest BCUT2D eigenvalue weighted by atomic mass is 19.4. The molecule has 3 heterocycles. The van der Waals surface area contributed by atoms with Crippen LogP contribution >= 0.6 is 0 Å². The van der Waals surface area contributed by atoms with Gasteiger partial charge in [-0.3, -0.25) is 4.68 Å². The van der Waals surface area contributed by atoms with Crippen molar-refractivity contribution in [2.75, 3.05) is 0 Å². The third-order valence-electron chi connectivity index (χ3n) is 4.77. The first-order valence-corrected chi connectivity index (χ1v) is 8.73. The van der Waals surface area contributed by atoms with Crippen molar-refractivity contribution < 1.29 is 13.2 Å². The van der Waals surface area contributed by atoms with Crippen molar-refractivity contribution in [3.63, 3.8) is 0 Å². The van der Waals surface area contributed by atoms with Crippen LogP contribution in [0.1, 0.15) is 36.0 Å². The molecule has 0 amide bonds. The number of alkyl halides is 3. The normalized spacial score (nSPS) is 15.1. The average Bonchev–Trinajstić information content (AvgIpc) is 3.24. The molecule has 0 N–H and O–H groups in total. The van der Waals surface area contributed by atoms with Gasteiger partial charge in [0.15, 0.2) is 17.2 Å². The topological polar surface area (TPSA) is 60.9 Å². The summed E-state index contributed by atoms with van der Waals surface area (Å²) in [7, 11) is 0. The molecular formula is C18H15F3N6. The molecular weight excluding hydrogens is 357 g/mol. The Balaban J connectivity index is 1.45. The largest absolute Gasteiger partial charge is 0.435 e. The molecule has 0 atom stereocenters. The predicted molar refractivity (Wildman–Crippen MR) is 91.2 cm³/mol. The van der Waals surface area contributed by atoms with E-state index in [2.05, 4.69) is 20.2 Å². The summed E-state index contributed by atoms with van der Waals surface area (Å²) < 4.78 is 42.1. The summed E-state index contributed by atoms with van der Waals surface area (Å²) in [6, 6.07) is 8.80. The van der Waals surface area contributed by atoms with Gasteiger partial charge in [-0.1, -0.05) is 12.1 Å². The molecule has 0 spiro atoms. The van der Waals surface area contributed by atoms with Crippen LogP contribution in [0.15, 0.2) is 36.7 Å². The Labute approximate surface area is 151 Å². The maximum absolute atomic E-state index is 13.0. The van der Waals surface area contributed by atoms with Gasteiger partial charge >= 0.3 is 6.18 Å². The van der Waals surface area contributed by atoms with Crippen LogP contribution in [0.3, 0.4) is 0 Å². The molecule has 1 fully saturated rings. The number of rotatable bonds is 4. The van der Waals surface area contributed by atoms with Crippen LogP contribution in [0.4, 0.5) is 13.2 Å². The monoisotopic (exact) mass is 372 g/mol. The van der Waals surface area contributed by atoms with Gasteiger partial charge in [-0.15, -0.1) is 5.10 Å². The van der Waals surface area contributed by atoms with Crippen LogP contribution < -0.4 is 0 Å². The number of aryl methyl sites for hydroxylation is 2. The van der Waals surface area contributed by atoms with Crippen LogP contribution in [0.2, 0.25) is 0 Å². The van der Waals surface area contributed by atoms with E-state index in [4.69, 9.17) is 0 Å². The Hall–Kier alpha value is -2.97. The summed E-state index contributed by atoms with van der Waals surface area (Å²) in [5.41, 5.74) is 1.33. The molecule has 3 aromatic heterocycles. The fourth-order valence-electron chi connectivity index (χ4n) is 3.29. The molecule has 5 rings (SSSR count). The van der Waals surface area contributed by atoms with Gasteiger partial charge in [0.05, 0.1) is 5.52 Å². The second-order valence-corrected chi connectivity index (χ2v) is 6.76. The Bertz CT molecular complexity index is 1140. The molecule has 1 saturated carbocycles. The van der Waals surface area contributed by atoms with Crippen LogP contribution in [-0.2, 0) is 19.1 Å². The van der Waals surface area contributed by atoms with E-state index in [0.717, 1.165) is 23.7 Å². The molecule has 0 unspecified atom stereocenters. The molecule has 0 saturated heterocycles. The van der Waals surface area contributed by atoms with E-state index in [1.54, 1.807) is 10.8 Å². The molecule has 9 heteroatoms. The Morgan fingerprint density at radius 2 is 1.93 bits per heavy atom. The summed E-state index contributed by atoms with van der Waals surface area (Å²) in [5.74, 6) is 0.731. The number of halogens is 3. The lowest BCUT2D eigenvalue weighted by molar-refractivity contribution is -0.141. The standard InChI is InChI=1S/C18H15F3N6/c19-18(20,21)15-9-14(11-5-6-11)26(24-15)8-7-16-23-17-12-3-1-2-4-13(12)22-10-27(17)25-16/h1-4,9-11H,5-8H2. The first-order chi connectivity index (χ1) is 13.0. The molecule has 4 aromatic rings. The number of fused-ring (bicyclic) bond motifs is 3. The smallest absolute Gasteiger partial charge is 0.268 e. The SMILES string of the molecule is FC(F)(F)c1cc(C2CC2)n(CCc2nc3c4ccccc4ncn3n2)n1. The molecule has 0 bridgehead atoms. The zero-order chi connectivity index (χ0) is 18.6. The predicted octanol–water partition coefficient (Wildman–Crippen LogP) is 3.61. The Morgan fingerprint density at radius 3 is 2.70 bits per heavy atom. The Morgan fingerprint density at radius 1 is 1.11 bits per heavy atom. The molecule has 1 aliphatic carbocycles. The van der Waals surface area contributed by atoms with Gasteiger partial charge in [-0.05, 0) is 31.0 Å². The number of nitrogens with zero attached hydrogens (tertiary/aromatic N) is 6. The lowest BCUT2D eigenvalue weighted by atomic mass is 10.2. The molecule has 1 aliphatic rings. The van der Waals surface area contributed by atoms with E-state index < -0.39 is 11.9 Å². The number of para-hydroxylation sites is 1. The number of aromatic nitrogens is 6. The second-order valence-electron chi connectivity index (χ2n) is 6.76. The van der Waals surface area contributed by atoms with Crippen molar-refractivity contribution in [1.29, 1.82) is 0 Å². The Kier molecular flexibility index (Phi) is 3.46. The summed E-state index contributed by atoms with van der Waals surface area (Å²) >= 11 is 0. The summed E-state index contributed by atoms with van der Waals surface area (Å²) in [6.07, 6.45) is -0.616. The van der Waals surface area contributed by atoms with Gasteiger partial charge in [0, 0.05) is 30.0 Å². The molecule has 27 heavy (non-hydrogen) atoms. The summed E-state index contributed by atoms with van der Waals surface area (Å²) in [5, 5.41) is 9.07. The van der Waals surface area contributed by atoms with Crippen molar-refractivity contribution in [3.8, 4) is 0 Å². The van der Waals surface area contributed by atoms with Crippen LogP contribution in [0.25, 0.3) is 16.6 Å². The van der Waals surface area contributed by atoms with Crippen molar-refractivity contribution >= 4 is 16.6 Å². The van der Waals surface area contributed by atoms with Crippen LogP contribution in [-0.4, -0.2) is 29.4 Å². The van der Waals surface area contributed by atoms with Gasteiger partial charge in [-0.2, -0.15) is 18.3 Å². The van der Waals surface area contributed by atoms with Crippen LogP contribution in [0.5, 0.6) is 0 Å².